The van der Waals surface area contributed by atoms with Crippen LogP contribution < -0.4 is 0 Å². The molecule has 0 N–H and O–H groups in total. The summed E-state index contributed by atoms with van der Waals surface area (Å²) in [5.74, 6) is 2.38. The van der Waals surface area contributed by atoms with Gasteiger partial charge in [-0.3, -0.25) is 9.69 Å². The van der Waals surface area contributed by atoms with Gasteiger partial charge in [0.05, 0.1) is 15.2 Å². The minimum absolute atomic E-state index is 0.232. The Balaban J connectivity index is 1.39. The molecule has 1 saturated heterocycles. The minimum Gasteiger partial charge on any atom is -0.361 e. The number of carbonyl (C=O) groups excluding carboxylic acids is 1. The lowest BCUT2D eigenvalue weighted by Crippen LogP contribution is -2.48. The van der Waals surface area contributed by atoms with Crippen LogP contribution >= 0.6 is 39.0 Å². The van der Waals surface area contributed by atoms with Gasteiger partial charge in [0.2, 0.25) is 5.91 Å². The van der Waals surface area contributed by atoms with Crippen molar-refractivity contribution >= 4 is 44.9 Å². The Kier molecular flexibility index (Phi) is 6.60. The van der Waals surface area contributed by atoms with E-state index in [1.165, 1.54) is 8.66 Å². The average molecular weight is 444 g/mol. The van der Waals surface area contributed by atoms with Gasteiger partial charge in [0, 0.05) is 48.9 Å². The van der Waals surface area contributed by atoms with Gasteiger partial charge >= 0.3 is 0 Å². The van der Waals surface area contributed by atoms with E-state index in [-0.39, 0.29) is 5.91 Å². The maximum atomic E-state index is 12.4. The van der Waals surface area contributed by atoms with Crippen LogP contribution in [0.15, 0.2) is 20.4 Å². The zero-order valence-electron chi connectivity index (χ0n) is 14.5. The molecule has 0 unspecified atom stereocenters. The predicted molar refractivity (Wildman–Crippen MR) is 106 cm³/mol. The Labute approximate surface area is 164 Å². The first-order valence-corrected chi connectivity index (χ1v) is 11.0. The van der Waals surface area contributed by atoms with E-state index in [9.17, 15) is 4.79 Å². The lowest BCUT2D eigenvalue weighted by atomic mass is 10.2. The Bertz CT molecular complexity index is 704. The number of hydrogen-bond donors (Lipinski definition) is 0. The van der Waals surface area contributed by atoms with Crippen molar-refractivity contribution in [1.29, 1.82) is 0 Å². The first-order chi connectivity index (χ1) is 12.0. The van der Waals surface area contributed by atoms with Gasteiger partial charge in [-0.25, -0.2) is 0 Å². The van der Waals surface area contributed by atoms with Gasteiger partial charge in [0.15, 0.2) is 0 Å². The predicted octanol–water partition coefficient (Wildman–Crippen LogP) is 3.69. The fourth-order valence-corrected chi connectivity index (χ4v) is 5.45. The molecule has 2 aromatic heterocycles. The summed E-state index contributed by atoms with van der Waals surface area (Å²) in [5.41, 5.74) is 2.04. The Hall–Kier alpha value is -0.830. The van der Waals surface area contributed by atoms with Crippen LogP contribution in [-0.2, 0) is 17.1 Å². The lowest BCUT2D eigenvalue weighted by molar-refractivity contribution is -0.130. The molecule has 0 bridgehead atoms. The highest BCUT2D eigenvalue weighted by Crippen LogP contribution is 2.24. The van der Waals surface area contributed by atoms with Crippen LogP contribution in [0.1, 0.15) is 21.9 Å². The summed E-state index contributed by atoms with van der Waals surface area (Å²) in [5, 5.41) is 3.96. The molecule has 1 aliphatic heterocycles. The number of amides is 1. The molecule has 8 heteroatoms. The number of rotatable bonds is 6. The quantitative estimate of drug-likeness (QED) is 0.680. The summed E-state index contributed by atoms with van der Waals surface area (Å²) < 4.78 is 6.34. The van der Waals surface area contributed by atoms with Crippen molar-refractivity contribution in [3.63, 3.8) is 0 Å². The van der Waals surface area contributed by atoms with E-state index in [1.54, 1.807) is 23.1 Å². The van der Waals surface area contributed by atoms with Crippen LogP contribution in [0.25, 0.3) is 0 Å². The fraction of sp³-hybridized carbons (Fsp3) is 0.529. The number of thioether (sulfide) groups is 1. The van der Waals surface area contributed by atoms with Crippen molar-refractivity contribution in [2.45, 2.75) is 26.1 Å². The molecule has 0 saturated carbocycles. The summed E-state index contributed by atoms with van der Waals surface area (Å²) in [4.78, 5) is 18.2. The van der Waals surface area contributed by atoms with Crippen molar-refractivity contribution in [2.24, 2.45) is 0 Å². The van der Waals surface area contributed by atoms with Gasteiger partial charge in [-0.15, -0.1) is 23.1 Å². The number of thiophene rings is 1. The number of aryl methyl sites for hydroxylation is 2. The second kappa shape index (κ2) is 8.70. The highest BCUT2D eigenvalue weighted by Gasteiger charge is 2.21. The van der Waals surface area contributed by atoms with Crippen LogP contribution in [0.4, 0.5) is 0 Å². The number of halogens is 1. The van der Waals surface area contributed by atoms with Crippen LogP contribution in [0.3, 0.4) is 0 Å². The lowest BCUT2D eigenvalue weighted by Gasteiger charge is -2.34. The molecule has 1 fully saturated rings. The molecule has 3 rings (SSSR count). The summed E-state index contributed by atoms with van der Waals surface area (Å²) in [6.45, 7) is 8.35. The second-order valence-electron chi connectivity index (χ2n) is 6.16. The normalized spacial score (nSPS) is 15.7. The average Bonchev–Trinajstić information content (AvgIpc) is 3.15. The summed E-state index contributed by atoms with van der Waals surface area (Å²) in [6.07, 6.45) is 0. The molecule has 0 spiro atoms. The fourth-order valence-electron chi connectivity index (χ4n) is 2.85. The summed E-state index contributed by atoms with van der Waals surface area (Å²) in [7, 11) is 0. The molecule has 0 radical (unpaired) electrons. The van der Waals surface area contributed by atoms with Crippen LogP contribution in [-0.4, -0.2) is 52.8 Å². The highest BCUT2D eigenvalue weighted by molar-refractivity contribution is 9.11. The molecule has 1 aliphatic rings. The number of hydrogen-bond acceptors (Lipinski definition) is 6. The van der Waals surface area contributed by atoms with Gasteiger partial charge in [-0.1, -0.05) is 5.16 Å². The van der Waals surface area contributed by atoms with E-state index in [2.05, 4.69) is 38.1 Å². The van der Waals surface area contributed by atoms with Crippen molar-refractivity contribution in [3.8, 4) is 0 Å². The minimum atomic E-state index is 0.232. The number of nitrogens with zero attached hydrogens (tertiary/aromatic N) is 3. The highest BCUT2D eigenvalue weighted by atomic mass is 79.9. The van der Waals surface area contributed by atoms with E-state index >= 15 is 0 Å². The van der Waals surface area contributed by atoms with E-state index in [1.807, 2.05) is 18.7 Å². The third-order valence-electron chi connectivity index (χ3n) is 4.39. The van der Waals surface area contributed by atoms with Crippen molar-refractivity contribution in [2.75, 3.05) is 31.9 Å². The third kappa shape index (κ3) is 5.09. The van der Waals surface area contributed by atoms with E-state index in [0.29, 0.717) is 5.75 Å². The standard InChI is InChI=1S/C17H22BrN3O2S2/c1-12-15(13(2)23-19-12)10-24-11-17(22)21-7-5-20(6-8-21)9-14-3-4-16(18)25-14/h3-4H,5-11H2,1-2H3. The summed E-state index contributed by atoms with van der Waals surface area (Å²) in [6, 6.07) is 4.26. The molecule has 1 amide bonds. The molecule has 2 aromatic rings. The molecule has 3 heterocycles. The SMILES string of the molecule is Cc1noc(C)c1CSCC(=O)N1CCN(Cc2ccc(Br)s2)CC1. The topological polar surface area (TPSA) is 49.6 Å². The van der Waals surface area contributed by atoms with Gasteiger partial charge in [-0.2, -0.15) is 0 Å². The van der Waals surface area contributed by atoms with E-state index in [4.69, 9.17) is 4.52 Å². The monoisotopic (exact) mass is 443 g/mol. The Morgan fingerprint density at radius 2 is 2.08 bits per heavy atom. The zero-order valence-corrected chi connectivity index (χ0v) is 17.7. The molecule has 0 aliphatic carbocycles. The first kappa shape index (κ1) is 18.9. The zero-order chi connectivity index (χ0) is 17.8. The molecule has 136 valence electrons. The van der Waals surface area contributed by atoms with Crippen LogP contribution in [0.2, 0.25) is 0 Å². The van der Waals surface area contributed by atoms with Crippen LogP contribution in [0.5, 0.6) is 0 Å². The smallest absolute Gasteiger partial charge is 0.232 e. The van der Waals surface area contributed by atoms with Gasteiger partial charge in [0.1, 0.15) is 5.76 Å². The third-order valence-corrected chi connectivity index (χ3v) is 6.94. The maximum Gasteiger partial charge on any atom is 0.232 e. The molecule has 0 atom stereocenters. The largest absolute Gasteiger partial charge is 0.361 e. The number of aromatic nitrogens is 1. The van der Waals surface area contributed by atoms with Crippen molar-refractivity contribution < 1.29 is 9.32 Å². The van der Waals surface area contributed by atoms with Crippen LogP contribution in [0, 0.1) is 13.8 Å². The summed E-state index contributed by atoms with van der Waals surface area (Å²) >= 11 is 6.93. The number of piperazine rings is 1. The molecular formula is C17H22BrN3O2S2. The Morgan fingerprint density at radius 3 is 2.68 bits per heavy atom. The molecule has 25 heavy (non-hydrogen) atoms. The molecular weight excluding hydrogens is 422 g/mol. The second-order valence-corrected chi connectivity index (χ2v) is 9.69. The van der Waals surface area contributed by atoms with Gasteiger partial charge in [-0.05, 0) is 41.9 Å². The van der Waals surface area contributed by atoms with Crippen molar-refractivity contribution in [1.82, 2.24) is 15.0 Å². The van der Waals surface area contributed by atoms with Gasteiger partial charge in [0.25, 0.3) is 0 Å². The number of carbonyl (C=O) groups is 1. The van der Waals surface area contributed by atoms with Gasteiger partial charge < -0.3 is 9.42 Å². The molecule has 0 aromatic carbocycles. The first-order valence-electron chi connectivity index (χ1n) is 8.27. The van der Waals surface area contributed by atoms with Crippen molar-refractivity contribution in [3.05, 3.63) is 37.8 Å². The van der Waals surface area contributed by atoms with E-state index < -0.39 is 0 Å². The Morgan fingerprint density at radius 1 is 1.32 bits per heavy atom. The maximum absolute atomic E-state index is 12.4. The molecule has 5 nitrogen and oxygen atoms in total. The van der Waals surface area contributed by atoms with E-state index in [0.717, 1.165) is 55.5 Å².